The van der Waals surface area contributed by atoms with Crippen molar-refractivity contribution in [3.63, 3.8) is 0 Å². The van der Waals surface area contributed by atoms with Crippen LogP contribution in [0.1, 0.15) is 5.56 Å². The van der Waals surface area contributed by atoms with Crippen molar-refractivity contribution >= 4 is 23.1 Å². The minimum Gasteiger partial charge on any atom is -0.497 e. The zero-order chi connectivity index (χ0) is 14.8. The number of Topliss-reactive ketones (excluding diaryl/α,β-unsaturated/α-hetero) is 1. The molecular weight excluding hydrogens is 268 g/mol. The van der Waals surface area contributed by atoms with Gasteiger partial charge < -0.3 is 4.74 Å². The Morgan fingerprint density at radius 3 is 2.24 bits per heavy atom. The topological polar surface area (TPSA) is 59.0 Å². The summed E-state index contributed by atoms with van der Waals surface area (Å²) in [5.41, 5.74) is 1.32. The zero-order valence-corrected chi connectivity index (χ0v) is 11.3. The summed E-state index contributed by atoms with van der Waals surface area (Å²) in [6.45, 7) is 0. The molecule has 0 spiro atoms. The number of carbonyl (C=O) groups is 2. The van der Waals surface area contributed by atoms with Gasteiger partial charge >= 0.3 is 5.91 Å². The van der Waals surface area contributed by atoms with Crippen molar-refractivity contribution in [1.29, 1.82) is 0 Å². The average Bonchev–Trinajstić information content (AvgIpc) is 2.84. The number of amides is 1. The summed E-state index contributed by atoms with van der Waals surface area (Å²) in [6.07, 6.45) is 0. The highest BCUT2D eigenvalue weighted by atomic mass is 16.5. The molecule has 5 heteroatoms. The number of hydrogen-bond donors (Lipinski definition) is 0. The van der Waals surface area contributed by atoms with Crippen molar-refractivity contribution in [3.05, 3.63) is 60.2 Å². The monoisotopic (exact) mass is 280 g/mol. The Hall–Kier alpha value is -2.95. The fraction of sp³-hybridized carbons (Fsp3) is 0.0625. The number of methoxy groups -OCH3 is 1. The number of nitrogens with zero attached hydrogens (tertiary/aromatic N) is 2. The van der Waals surface area contributed by atoms with E-state index in [9.17, 15) is 9.59 Å². The molecule has 0 aromatic heterocycles. The van der Waals surface area contributed by atoms with E-state index >= 15 is 0 Å². The van der Waals surface area contributed by atoms with Crippen LogP contribution in [0.25, 0.3) is 0 Å². The predicted octanol–water partition coefficient (Wildman–Crippen LogP) is 2.02. The molecule has 0 atom stereocenters. The molecule has 0 bridgehead atoms. The minimum absolute atomic E-state index is 0.163. The molecule has 0 radical (unpaired) electrons. The molecule has 1 amide bonds. The summed E-state index contributed by atoms with van der Waals surface area (Å²) in [4.78, 5) is 24.1. The molecule has 1 aliphatic rings. The van der Waals surface area contributed by atoms with Crippen LogP contribution in [0.3, 0.4) is 0 Å². The predicted molar refractivity (Wildman–Crippen MR) is 78.5 cm³/mol. The number of carbonyl (C=O) groups excluding carboxylic acids is 2. The van der Waals surface area contributed by atoms with Crippen LogP contribution in [0.4, 0.5) is 5.69 Å². The highest BCUT2D eigenvalue weighted by Gasteiger charge is 2.35. The van der Waals surface area contributed by atoms with Gasteiger partial charge in [0.15, 0.2) is 0 Å². The van der Waals surface area contributed by atoms with E-state index in [1.807, 2.05) is 6.07 Å². The van der Waals surface area contributed by atoms with Crippen molar-refractivity contribution in [1.82, 2.24) is 0 Å². The van der Waals surface area contributed by atoms with Gasteiger partial charge in [-0.3, -0.25) is 9.59 Å². The van der Waals surface area contributed by atoms with Crippen LogP contribution in [0, 0.1) is 0 Å². The van der Waals surface area contributed by atoms with E-state index in [4.69, 9.17) is 4.74 Å². The zero-order valence-electron chi connectivity index (χ0n) is 11.3. The maximum absolute atomic E-state index is 12.1. The average molecular weight is 280 g/mol. The summed E-state index contributed by atoms with van der Waals surface area (Å²) in [7, 11) is 1.56. The second kappa shape index (κ2) is 5.20. The number of ether oxygens (including phenoxy) is 1. The van der Waals surface area contributed by atoms with Crippen LogP contribution in [0.5, 0.6) is 5.75 Å². The first-order chi connectivity index (χ1) is 10.2. The number of hydrazone groups is 1. The summed E-state index contributed by atoms with van der Waals surface area (Å²) >= 11 is 0. The van der Waals surface area contributed by atoms with Gasteiger partial charge in [0, 0.05) is 5.56 Å². The molecule has 21 heavy (non-hydrogen) atoms. The Morgan fingerprint density at radius 2 is 1.62 bits per heavy atom. The normalized spacial score (nSPS) is 14.3. The van der Waals surface area contributed by atoms with E-state index in [1.165, 1.54) is 0 Å². The second-order valence-electron chi connectivity index (χ2n) is 4.46. The first-order valence-electron chi connectivity index (χ1n) is 6.37. The van der Waals surface area contributed by atoms with Crippen molar-refractivity contribution in [2.24, 2.45) is 5.10 Å². The van der Waals surface area contributed by atoms with Gasteiger partial charge in [0.2, 0.25) is 0 Å². The lowest BCUT2D eigenvalue weighted by atomic mass is 10.1. The first kappa shape index (κ1) is 13.1. The van der Waals surface area contributed by atoms with E-state index in [1.54, 1.807) is 55.6 Å². The van der Waals surface area contributed by atoms with E-state index in [0.29, 0.717) is 17.0 Å². The largest absolute Gasteiger partial charge is 0.497 e. The Labute approximate surface area is 121 Å². The van der Waals surface area contributed by atoms with E-state index in [2.05, 4.69) is 5.10 Å². The first-order valence-corrected chi connectivity index (χ1v) is 6.37. The maximum atomic E-state index is 12.1. The number of hydrogen-bond acceptors (Lipinski definition) is 4. The van der Waals surface area contributed by atoms with E-state index < -0.39 is 11.7 Å². The smallest absolute Gasteiger partial charge is 0.321 e. The Bertz CT molecular complexity index is 721. The lowest BCUT2D eigenvalue weighted by molar-refractivity contribution is -0.131. The molecule has 2 aromatic rings. The third-order valence-electron chi connectivity index (χ3n) is 3.17. The molecule has 0 N–H and O–H groups in total. The third-order valence-corrected chi connectivity index (χ3v) is 3.17. The van der Waals surface area contributed by atoms with Crippen LogP contribution < -0.4 is 9.75 Å². The number of benzene rings is 2. The van der Waals surface area contributed by atoms with Gasteiger partial charge in [-0.1, -0.05) is 30.3 Å². The molecule has 1 aliphatic heterocycles. The third kappa shape index (κ3) is 2.29. The molecule has 104 valence electrons. The maximum Gasteiger partial charge on any atom is 0.321 e. The molecule has 1 heterocycles. The van der Waals surface area contributed by atoms with Crippen molar-refractivity contribution < 1.29 is 14.3 Å². The van der Waals surface area contributed by atoms with Crippen LogP contribution in [-0.2, 0) is 9.59 Å². The molecule has 5 nitrogen and oxygen atoms in total. The minimum atomic E-state index is -0.654. The molecule has 3 rings (SSSR count). The summed E-state index contributed by atoms with van der Waals surface area (Å²) in [5.74, 6) is -0.583. The van der Waals surface area contributed by atoms with Gasteiger partial charge in [-0.15, -0.1) is 0 Å². The lowest BCUT2D eigenvalue weighted by Gasteiger charge is -2.10. The van der Waals surface area contributed by atoms with Gasteiger partial charge in [0.1, 0.15) is 11.5 Å². The fourth-order valence-corrected chi connectivity index (χ4v) is 2.07. The van der Waals surface area contributed by atoms with Crippen LogP contribution in [0.15, 0.2) is 59.7 Å². The Kier molecular flexibility index (Phi) is 3.23. The molecule has 0 fully saturated rings. The number of ketones is 1. The van der Waals surface area contributed by atoms with E-state index in [0.717, 1.165) is 5.01 Å². The molecule has 2 aromatic carbocycles. The second-order valence-corrected chi connectivity index (χ2v) is 4.46. The molecule has 0 saturated carbocycles. The lowest BCUT2D eigenvalue weighted by Crippen LogP contribution is -2.27. The van der Waals surface area contributed by atoms with Crippen LogP contribution in [-0.4, -0.2) is 24.5 Å². The van der Waals surface area contributed by atoms with Gasteiger partial charge in [-0.25, -0.2) is 0 Å². The highest BCUT2D eigenvalue weighted by molar-refractivity contribution is 6.72. The highest BCUT2D eigenvalue weighted by Crippen LogP contribution is 2.23. The standard InChI is InChI=1S/C16H12N2O3/c1-21-13-9-7-12(8-10-13)18-16(20)15(19)14(17-18)11-5-3-2-4-6-11/h2-10H,1H3. The van der Waals surface area contributed by atoms with Gasteiger partial charge in [0.25, 0.3) is 5.78 Å². The summed E-state index contributed by atoms with van der Waals surface area (Å²) in [6, 6.07) is 15.7. The van der Waals surface area contributed by atoms with Crippen LogP contribution >= 0.6 is 0 Å². The van der Waals surface area contributed by atoms with E-state index in [-0.39, 0.29) is 5.71 Å². The van der Waals surface area contributed by atoms with Gasteiger partial charge in [-0.2, -0.15) is 10.1 Å². The molecular formula is C16H12N2O3. The van der Waals surface area contributed by atoms with Crippen molar-refractivity contribution in [2.45, 2.75) is 0 Å². The number of anilines is 1. The van der Waals surface area contributed by atoms with Crippen molar-refractivity contribution in [2.75, 3.05) is 12.1 Å². The van der Waals surface area contributed by atoms with Gasteiger partial charge in [0.05, 0.1) is 12.8 Å². The molecule has 0 saturated heterocycles. The SMILES string of the molecule is COc1ccc(N2N=C(c3ccccc3)C(=O)C2=O)cc1. The fourth-order valence-electron chi connectivity index (χ4n) is 2.07. The molecule has 0 aliphatic carbocycles. The Morgan fingerprint density at radius 1 is 0.952 bits per heavy atom. The summed E-state index contributed by atoms with van der Waals surface area (Å²) < 4.78 is 5.06. The molecule has 0 unspecified atom stereocenters. The quantitative estimate of drug-likeness (QED) is 0.808. The Balaban J connectivity index is 1.98. The van der Waals surface area contributed by atoms with Crippen molar-refractivity contribution in [3.8, 4) is 5.75 Å². The summed E-state index contributed by atoms with van der Waals surface area (Å²) in [5, 5.41) is 5.27. The van der Waals surface area contributed by atoms with Gasteiger partial charge in [-0.05, 0) is 24.3 Å². The van der Waals surface area contributed by atoms with Crippen LogP contribution in [0.2, 0.25) is 0 Å². The number of rotatable bonds is 3.